The van der Waals surface area contributed by atoms with Gasteiger partial charge in [-0.25, -0.2) is 0 Å². The van der Waals surface area contributed by atoms with E-state index in [2.05, 4.69) is 25.2 Å². The molecular weight excluding hydrogens is 321 g/mol. The molecule has 5 heteroatoms. The second-order valence-electron chi connectivity index (χ2n) is 8.94. The fourth-order valence-electron chi connectivity index (χ4n) is 6.85. The molecular formula is C19H30NO3P. The van der Waals surface area contributed by atoms with Gasteiger partial charge in [-0.15, -0.1) is 0 Å². The first-order valence-electron chi connectivity index (χ1n) is 9.49. The third-order valence-electron chi connectivity index (χ3n) is 8.23. The molecule has 0 radical (unpaired) electrons. The van der Waals surface area contributed by atoms with Crippen LogP contribution in [0.5, 0.6) is 0 Å². The maximum atomic E-state index is 11.8. The molecule has 7 unspecified atom stereocenters. The number of fused-ring (bicyclic) bond motifs is 5. The average Bonchev–Trinajstić information content (AvgIpc) is 2.90. The maximum absolute atomic E-state index is 11.8. The van der Waals surface area contributed by atoms with E-state index in [0.29, 0.717) is 23.3 Å². The number of amides is 1. The third kappa shape index (κ3) is 2.40. The normalized spacial score (nSPS) is 50.5. The Balaban J connectivity index is 1.58. The van der Waals surface area contributed by atoms with Crippen molar-refractivity contribution < 1.29 is 14.2 Å². The van der Waals surface area contributed by atoms with Crippen molar-refractivity contribution in [3.05, 3.63) is 12.2 Å². The van der Waals surface area contributed by atoms with Gasteiger partial charge in [-0.2, -0.15) is 0 Å². The second kappa shape index (κ2) is 6.07. The smallest absolute Gasteiger partial charge is 0.243 e. The summed E-state index contributed by atoms with van der Waals surface area (Å²) in [5, 5.41) is 3.23. The van der Waals surface area contributed by atoms with E-state index in [9.17, 15) is 4.79 Å². The summed E-state index contributed by atoms with van der Waals surface area (Å²) in [4.78, 5) is 20.8. The fraction of sp³-hybridized carbons (Fsp3) is 0.842. The largest absolute Gasteiger partial charge is 0.352 e. The van der Waals surface area contributed by atoms with Crippen LogP contribution in [-0.4, -0.2) is 23.4 Å². The average molecular weight is 351 g/mol. The van der Waals surface area contributed by atoms with Gasteiger partial charge in [0.25, 0.3) is 0 Å². The van der Waals surface area contributed by atoms with Gasteiger partial charge in [0.2, 0.25) is 5.91 Å². The van der Waals surface area contributed by atoms with Crippen molar-refractivity contribution in [2.24, 2.45) is 34.5 Å². The van der Waals surface area contributed by atoms with Crippen LogP contribution in [0, 0.1) is 34.5 Å². The molecule has 0 aromatic rings. The van der Waals surface area contributed by atoms with Crippen LogP contribution in [0.4, 0.5) is 0 Å². The van der Waals surface area contributed by atoms with Gasteiger partial charge in [0.15, 0.2) is 9.03 Å². The van der Waals surface area contributed by atoms with Crippen molar-refractivity contribution in [3.63, 3.8) is 0 Å². The monoisotopic (exact) mass is 351 g/mol. The quantitative estimate of drug-likeness (QED) is 0.766. The Labute approximate surface area is 146 Å². The van der Waals surface area contributed by atoms with Gasteiger partial charge < -0.3 is 14.7 Å². The predicted molar refractivity (Wildman–Crippen MR) is 95.4 cm³/mol. The molecule has 1 aliphatic heterocycles. The minimum absolute atomic E-state index is 0.0829. The number of rotatable bonds is 3. The zero-order valence-corrected chi connectivity index (χ0v) is 15.8. The van der Waals surface area contributed by atoms with Crippen LogP contribution in [0.2, 0.25) is 0 Å². The maximum Gasteiger partial charge on any atom is 0.243 e. The second-order valence-corrected chi connectivity index (χ2v) is 9.41. The molecule has 3 aliphatic carbocycles. The SMILES string of the molecule is CC12CCC3C(CCC4NC(=O)C=C[C@@]43C)C1CCC2COPO. The van der Waals surface area contributed by atoms with Gasteiger partial charge in [0.1, 0.15) is 0 Å². The van der Waals surface area contributed by atoms with E-state index in [1.165, 1.54) is 32.1 Å². The minimum Gasteiger partial charge on any atom is -0.352 e. The Morgan fingerprint density at radius 1 is 1.25 bits per heavy atom. The van der Waals surface area contributed by atoms with E-state index in [0.717, 1.165) is 24.9 Å². The summed E-state index contributed by atoms with van der Waals surface area (Å²) in [7, 11) is -0.384. The summed E-state index contributed by atoms with van der Waals surface area (Å²) < 4.78 is 5.41. The molecule has 0 spiro atoms. The first-order chi connectivity index (χ1) is 11.5. The van der Waals surface area contributed by atoms with Gasteiger partial charge in [0, 0.05) is 11.5 Å². The number of hydrogen-bond acceptors (Lipinski definition) is 3. The van der Waals surface area contributed by atoms with Crippen LogP contribution < -0.4 is 5.32 Å². The van der Waals surface area contributed by atoms with E-state index < -0.39 is 0 Å². The zero-order chi connectivity index (χ0) is 16.9. The molecule has 3 saturated carbocycles. The third-order valence-corrected chi connectivity index (χ3v) is 8.53. The van der Waals surface area contributed by atoms with Crippen molar-refractivity contribution in [2.45, 2.75) is 58.4 Å². The Morgan fingerprint density at radius 2 is 2.08 bits per heavy atom. The van der Waals surface area contributed by atoms with Crippen molar-refractivity contribution in [1.29, 1.82) is 0 Å². The lowest BCUT2D eigenvalue weighted by molar-refractivity contribution is -0.122. The van der Waals surface area contributed by atoms with Crippen LogP contribution in [0.25, 0.3) is 0 Å². The molecule has 2 N–H and O–H groups in total. The highest BCUT2D eigenvalue weighted by Gasteiger charge is 2.59. The van der Waals surface area contributed by atoms with Crippen LogP contribution in [0.3, 0.4) is 0 Å². The van der Waals surface area contributed by atoms with Gasteiger partial charge in [-0.1, -0.05) is 19.9 Å². The lowest BCUT2D eigenvalue weighted by atomic mass is 9.48. The van der Waals surface area contributed by atoms with E-state index in [-0.39, 0.29) is 20.4 Å². The van der Waals surface area contributed by atoms with Gasteiger partial charge in [-0.05, 0) is 73.7 Å². The summed E-state index contributed by atoms with van der Waals surface area (Å²) in [6.07, 6.45) is 11.4. The summed E-state index contributed by atoms with van der Waals surface area (Å²) in [5.41, 5.74) is 0.491. The molecule has 0 bridgehead atoms. The number of nitrogens with one attached hydrogen (secondary N) is 1. The van der Waals surface area contributed by atoms with Gasteiger partial charge in [0.05, 0.1) is 6.61 Å². The fourth-order valence-corrected chi connectivity index (χ4v) is 7.13. The first-order valence-corrected chi connectivity index (χ1v) is 10.3. The lowest BCUT2D eigenvalue weighted by Gasteiger charge is -2.58. The van der Waals surface area contributed by atoms with Crippen LogP contribution in [0.1, 0.15) is 52.4 Å². The molecule has 4 aliphatic rings. The molecule has 0 aromatic heterocycles. The zero-order valence-electron chi connectivity index (χ0n) is 14.8. The number of carbonyl (C=O) groups excluding carboxylic acids is 1. The van der Waals surface area contributed by atoms with Crippen LogP contribution >= 0.6 is 9.03 Å². The molecule has 4 nitrogen and oxygen atoms in total. The van der Waals surface area contributed by atoms with Crippen LogP contribution in [0.15, 0.2) is 12.2 Å². The summed E-state index contributed by atoms with van der Waals surface area (Å²) in [5.74, 6) is 2.90. The Hall–Kier alpha value is -0.440. The summed E-state index contributed by atoms with van der Waals surface area (Å²) in [6.45, 7) is 5.56. The molecule has 0 aromatic carbocycles. The highest BCUT2D eigenvalue weighted by molar-refractivity contribution is 7.24. The Bertz CT molecular complexity index is 553. The predicted octanol–water partition coefficient (Wildman–Crippen LogP) is 3.42. The van der Waals surface area contributed by atoms with E-state index in [4.69, 9.17) is 9.42 Å². The van der Waals surface area contributed by atoms with Crippen molar-refractivity contribution in [2.75, 3.05) is 6.61 Å². The van der Waals surface area contributed by atoms with Crippen LogP contribution in [-0.2, 0) is 9.32 Å². The molecule has 1 amide bonds. The topological polar surface area (TPSA) is 58.6 Å². The van der Waals surface area contributed by atoms with Crippen molar-refractivity contribution >= 4 is 14.9 Å². The first kappa shape index (κ1) is 17.0. The molecule has 0 saturated heterocycles. The lowest BCUT2D eigenvalue weighted by Crippen LogP contribution is -2.59. The minimum atomic E-state index is -0.384. The molecule has 1 heterocycles. The summed E-state index contributed by atoms with van der Waals surface area (Å²) in [6, 6.07) is 0.316. The number of carbonyl (C=O) groups is 1. The van der Waals surface area contributed by atoms with E-state index in [1.54, 1.807) is 6.08 Å². The molecule has 134 valence electrons. The Kier molecular flexibility index (Phi) is 4.30. The highest BCUT2D eigenvalue weighted by atomic mass is 31.1. The summed E-state index contributed by atoms with van der Waals surface area (Å²) >= 11 is 0. The van der Waals surface area contributed by atoms with Gasteiger partial charge >= 0.3 is 0 Å². The van der Waals surface area contributed by atoms with Gasteiger partial charge in [-0.3, -0.25) is 4.79 Å². The van der Waals surface area contributed by atoms with E-state index >= 15 is 0 Å². The molecule has 8 atom stereocenters. The standard InChI is InChI=1S/C19H30NO3P/c1-18-9-7-15-13(14(18)5-3-12(18)11-23-24-22)4-6-16-19(15,2)10-8-17(21)20-16/h8,10,12-16,22,24H,3-7,9,11H2,1-2H3,(H,20,21)/t12?,13?,14?,15?,16?,18?,19-/m1/s1. The number of hydrogen-bond donors (Lipinski definition) is 2. The van der Waals surface area contributed by atoms with Crippen molar-refractivity contribution in [1.82, 2.24) is 5.32 Å². The molecule has 4 rings (SSSR count). The van der Waals surface area contributed by atoms with E-state index in [1.807, 2.05) is 0 Å². The molecule has 3 fully saturated rings. The van der Waals surface area contributed by atoms with Crippen molar-refractivity contribution in [3.8, 4) is 0 Å². The Morgan fingerprint density at radius 3 is 2.88 bits per heavy atom. The highest BCUT2D eigenvalue weighted by Crippen LogP contribution is 2.65. The molecule has 24 heavy (non-hydrogen) atoms.